The molecule has 0 radical (unpaired) electrons. The van der Waals surface area contributed by atoms with Gasteiger partial charge in [-0.1, -0.05) is 24.3 Å². The number of carboxylic acid groups (broad SMARTS) is 1. The first kappa shape index (κ1) is 13.5. The largest absolute Gasteiger partial charge is 0.481 e. The number of carbonyl (C=O) groups is 2. The van der Waals surface area contributed by atoms with Crippen LogP contribution in [0.1, 0.15) is 24.0 Å². The molecule has 19 heavy (non-hydrogen) atoms. The number of aliphatic carboxylic acids is 1. The third-order valence-corrected chi connectivity index (χ3v) is 3.38. The number of benzene rings is 1. The molecule has 5 nitrogen and oxygen atoms in total. The SMILES string of the molecule is NC(CC(=O)O)C(=O)N1CCCc2ccccc2C1. The second-order valence-electron chi connectivity index (χ2n) is 4.84. The van der Waals surface area contributed by atoms with Gasteiger partial charge >= 0.3 is 5.97 Å². The zero-order chi connectivity index (χ0) is 13.8. The first-order valence-corrected chi connectivity index (χ1v) is 6.41. The lowest BCUT2D eigenvalue weighted by Crippen LogP contribution is -2.44. The molecule has 0 aliphatic carbocycles. The van der Waals surface area contributed by atoms with Crippen molar-refractivity contribution in [3.8, 4) is 0 Å². The molecular formula is C14H18N2O3. The van der Waals surface area contributed by atoms with Gasteiger partial charge in [0.05, 0.1) is 12.5 Å². The predicted molar refractivity (Wildman–Crippen MR) is 70.4 cm³/mol. The Bertz CT molecular complexity index is 487. The Morgan fingerprint density at radius 2 is 2.00 bits per heavy atom. The summed E-state index contributed by atoms with van der Waals surface area (Å²) in [6.07, 6.45) is 1.49. The molecule has 1 aliphatic heterocycles. The fourth-order valence-electron chi connectivity index (χ4n) is 2.40. The minimum atomic E-state index is -1.05. The molecule has 5 heteroatoms. The van der Waals surface area contributed by atoms with E-state index >= 15 is 0 Å². The van der Waals surface area contributed by atoms with Crippen LogP contribution in [-0.2, 0) is 22.6 Å². The molecule has 3 N–H and O–H groups in total. The molecule has 0 bridgehead atoms. The van der Waals surface area contributed by atoms with Gasteiger partial charge in [0.15, 0.2) is 0 Å². The van der Waals surface area contributed by atoms with Crippen LogP contribution >= 0.6 is 0 Å². The third kappa shape index (κ3) is 3.32. The van der Waals surface area contributed by atoms with Gasteiger partial charge in [-0.25, -0.2) is 0 Å². The van der Waals surface area contributed by atoms with Gasteiger partial charge in [-0.15, -0.1) is 0 Å². The van der Waals surface area contributed by atoms with E-state index in [2.05, 4.69) is 6.07 Å². The lowest BCUT2D eigenvalue weighted by Gasteiger charge is -2.23. The van der Waals surface area contributed by atoms with E-state index in [1.54, 1.807) is 4.90 Å². The first-order chi connectivity index (χ1) is 9.08. The summed E-state index contributed by atoms with van der Waals surface area (Å²) in [5.74, 6) is -1.32. The van der Waals surface area contributed by atoms with Crippen LogP contribution in [0.5, 0.6) is 0 Å². The molecule has 102 valence electrons. The summed E-state index contributed by atoms with van der Waals surface area (Å²) in [6.45, 7) is 1.14. The molecular weight excluding hydrogens is 244 g/mol. The molecule has 1 aliphatic rings. The molecule has 0 saturated carbocycles. The van der Waals surface area contributed by atoms with Crippen LogP contribution in [0.2, 0.25) is 0 Å². The average Bonchev–Trinajstić information content (AvgIpc) is 2.58. The van der Waals surface area contributed by atoms with Gasteiger partial charge in [0.1, 0.15) is 0 Å². The van der Waals surface area contributed by atoms with Crippen molar-refractivity contribution >= 4 is 11.9 Å². The monoisotopic (exact) mass is 262 g/mol. The Labute approximate surface area is 112 Å². The summed E-state index contributed by atoms with van der Waals surface area (Å²) in [4.78, 5) is 24.4. The topological polar surface area (TPSA) is 83.6 Å². The molecule has 2 rings (SSSR count). The van der Waals surface area contributed by atoms with Gasteiger partial charge in [0.2, 0.25) is 5.91 Å². The smallest absolute Gasteiger partial charge is 0.305 e. The molecule has 1 aromatic carbocycles. The maximum atomic E-state index is 12.1. The number of carbonyl (C=O) groups excluding carboxylic acids is 1. The van der Waals surface area contributed by atoms with E-state index in [0.29, 0.717) is 13.1 Å². The van der Waals surface area contributed by atoms with Crippen molar-refractivity contribution in [1.82, 2.24) is 4.90 Å². The molecule has 0 spiro atoms. The zero-order valence-corrected chi connectivity index (χ0v) is 10.7. The molecule has 0 saturated heterocycles. The second kappa shape index (κ2) is 5.84. The molecule has 1 unspecified atom stereocenters. The Morgan fingerprint density at radius 3 is 2.68 bits per heavy atom. The van der Waals surface area contributed by atoms with E-state index in [9.17, 15) is 9.59 Å². The van der Waals surface area contributed by atoms with Gasteiger partial charge in [-0.05, 0) is 24.0 Å². The van der Waals surface area contributed by atoms with Crippen molar-refractivity contribution in [3.63, 3.8) is 0 Å². The van der Waals surface area contributed by atoms with Crippen LogP contribution in [0.25, 0.3) is 0 Å². The summed E-state index contributed by atoms with van der Waals surface area (Å²) in [7, 11) is 0. The van der Waals surface area contributed by atoms with E-state index in [0.717, 1.165) is 18.4 Å². The number of aryl methyl sites for hydroxylation is 1. The standard InChI is InChI=1S/C14H18N2O3/c15-12(8-13(17)18)14(19)16-7-3-6-10-4-1-2-5-11(10)9-16/h1-2,4-5,12H,3,6-9,15H2,(H,17,18). The molecule has 0 fully saturated rings. The second-order valence-corrected chi connectivity index (χ2v) is 4.84. The van der Waals surface area contributed by atoms with Crippen LogP contribution in [0, 0.1) is 0 Å². The fourth-order valence-corrected chi connectivity index (χ4v) is 2.40. The summed E-state index contributed by atoms with van der Waals surface area (Å²) in [5, 5.41) is 8.69. The predicted octanol–water partition coefficient (Wildman–Crippen LogP) is 0.763. The van der Waals surface area contributed by atoms with Crippen LogP contribution in [0.15, 0.2) is 24.3 Å². The lowest BCUT2D eigenvalue weighted by molar-refractivity contribution is -0.142. The molecule has 1 amide bonds. The number of rotatable bonds is 3. The highest BCUT2D eigenvalue weighted by Crippen LogP contribution is 2.19. The average molecular weight is 262 g/mol. The van der Waals surface area contributed by atoms with Crippen molar-refractivity contribution in [3.05, 3.63) is 35.4 Å². The van der Waals surface area contributed by atoms with Crippen LogP contribution in [0.3, 0.4) is 0 Å². The number of nitrogens with zero attached hydrogens (tertiary/aromatic N) is 1. The highest BCUT2D eigenvalue weighted by Gasteiger charge is 2.25. The van der Waals surface area contributed by atoms with Crippen LogP contribution < -0.4 is 5.73 Å². The van der Waals surface area contributed by atoms with Crippen molar-refractivity contribution < 1.29 is 14.7 Å². The van der Waals surface area contributed by atoms with Gasteiger partial charge < -0.3 is 15.7 Å². The summed E-state index contributed by atoms with van der Waals surface area (Å²) >= 11 is 0. The van der Waals surface area contributed by atoms with E-state index in [1.165, 1.54) is 5.56 Å². The summed E-state index contributed by atoms with van der Waals surface area (Å²) in [5.41, 5.74) is 8.02. The highest BCUT2D eigenvalue weighted by atomic mass is 16.4. The van der Waals surface area contributed by atoms with Crippen LogP contribution in [0.4, 0.5) is 0 Å². The Morgan fingerprint density at radius 1 is 1.32 bits per heavy atom. The quantitative estimate of drug-likeness (QED) is 0.842. The number of nitrogens with two attached hydrogens (primary N) is 1. The minimum absolute atomic E-state index is 0.279. The Hall–Kier alpha value is -1.88. The third-order valence-electron chi connectivity index (χ3n) is 3.38. The summed E-state index contributed by atoms with van der Waals surface area (Å²) < 4.78 is 0. The van der Waals surface area contributed by atoms with Crippen molar-refractivity contribution in [2.45, 2.75) is 31.8 Å². The highest BCUT2D eigenvalue weighted by molar-refractivity contribution is 5.86. The van der Waals surface area contributed by atoms with E-state index in [4.69, 9.17) is 10.8 Å². The molecule has 0 aromatic heterocycles. The summed E-state index contributed by atoms with van der Waals surface area (Å²) in [6, 6.07) is 7.06. The Balaban J connectivity index is 2.09. The number of amides is 1. The van der Waals surface area contributed by atoms with Crippen LogP contribution in [-0.4, -0.2) is 34.5 Å². The minimum Gasteiger partial charge on any atom is -0.481 e. The van der Waals surface area contributed by atoms with Gasteiger partial charge in [0, 0.05) is 13.1 Å². The number of carboxylic acids is 1. The normalized spacial score (nSPS) is 16.4. The van der Waals surface area contributed by atoms with E-state index in [1.807, 2.05) is 18.2 Å². The van der Waals surface area contributed by atoms with Crippen molar-refractivity contribution in [2.75, 3.05) is 6.54 Å². The van der Waals surface area contributed by atoms with Crippen molar-refractivity contribution in [2.24, 2.45) is 5.73 Å². The van der Waals surface area contributed by atoms with E-state index in [-0.39, 0.29) is 12.3 Å². The van der Waals surface area contributed by atoms with Gasteiger partial charge in [-0.2, -0.15) is 0 Å². The van der Waals surface area contributed by atoms with Gasteiger partial charge in [-0.3, -0.25) is 9.59 Å². The number of fused-ring (bicyclic) bond motifs is 1. The maximum absolute atomic E-state index is 12.1. The van der Waals surface area contributed by atoms with Gasteiger partial charge in [0.25, 0.3) is 0 Å². The number of hydrogen-bond acceptors (Lipinski definition) is 3. The number of hydrogen-bond donors (Lipinski definition) is 2. The van der Waals surface area contributed by atoms with E-state index < -0.39 is 12.0 Å². The zero-order valence-electron chi connectivity index (χ0n) is 10.7. The first-order valence-electron chi connectivity index (χ1n) is 6.41. The molecule has 1 atom stereocenters. The maximum Gasteiger partial charge on any atom is 0.305 e. The van der Waals surface area contributed by atoms with Crippen molar-refractivity contribution in [1.29, 1.82) is 0 Å². The Kier molecular flexibility index (Phi) is 4.16. The molecule has 1 heterocycles. The molecule has 1 aromatic rings. The fraction of sp³-hybridized carbons (Fsp3) is 0.429. The lowest BCUT2D eigenvalue weighted by atomic mass is 10.0.